The van der Waals surface area contributed by atoms with Crippen LogP contribution in [0.3, 0.4) is 0 Å². The number of ether oxygens (including phenoxy) is 2. The molecule has 114 valence electrons. The Bertz CT molecular complexity index is 689. The lowest BCUT2D eigenvalue weighted by molar-refractivity contribution is -0.131. The number of rotatable bonds is 3. The van der Waals surface area contributed by atoms with Crippen LogP contribution in [0.2, 0.25) is 5.02 Å². The molecular formula is C17H16ClNO3. The second-order valence-electron chi connectivity index (χ2n) is 5.15. The summed E-state index contributed by atoms with van der Waals surface area (Å²) in [6.07, 6.45) is -0.656. The van der Waals surface area contributed by atoms with Crippen LogP contribution in [0.1, 0.15) is 18.5 Å². The van der Waals surface area contributed by atoms with Crippen LogP contribution in [0, 0.1) is 0 Å². The molecule has 2 aromatic rings. The molecular weight excluding hydrogens is 302 g/mol. The van der Waals surface area contributed by atoms with E-state index in [1.807, 2.05) is 43.3 Å². The minimum Gasteiger partial charge on any atom is -0.485 e. The maximum atomic E-state index is 12.3. The Hall–Kier alpha value is -2.20. The molecule has 1 amide bonds. The first kappa shape index (κ1) is 14.7. The highest BCUT2D eigenvalue weighted by Crippen LogP contribution is 2.31. The van der Waals surface area contributed by atoms with E-state index < -0.39 is 6.10 Å². The second-order valence-corrected chi connectivity index (χ2v) is 5.59. The van der Waals surface area contributed by atoms with Crippen LogP contribution in [-0.4, -0.2) is 18.6 Å². The van der Waals surface area contributed by atoms with Crippen LogP contribution in [0.4, 0.5) is 0 Å². The summed E-state index contributed by atoms with van der Waals surface area (Å²) in [4.78, 5) is 12.3. The summed E-state index contributed by atoms with van der Waals surface area (Å²) in [5.74, 6) is 1.04. The average molecular weight is 318 g/mol. The number of amides is 1. The SMILES string of the molecule is CC(NC(=O)C1COc2ccccc2O1)c1cccc(Cl)c1. The van der Waals surface area contributed by atoms with E-state index in [1.165, 1.54) is 0 Å². The lowest BCUT2D eigenvalue weighted by atomic mass is 10.1. The van der Waals surface area contributed by atoms with Crippen LogP contribution in [0.5, 0.6) is 11.5 Å². The number of para-hydroxylation sites is 2. The molecule has 3 rings (SSSR count). The van der Waals surface area contributed by atoms with Gasteiger partial charge in [0.25, 0.3) is 5.91 Å². The number of hydrogen-bond donors (Lipinski definition) is 1. The molecule has 0 aliphatic carbocycles. The van der Waals surface area contributed by atoms with Gasteiger partial charge in [0.1, 0.15) is 6.61 Å². The molecule has 0 spiro atoms. The first-order chi connectivity index (χ1) is 10.6. The lowest BCUT2D eigenvalue weighted by Crippen LogP contribution is -2.44. The molecule has 2 aromatic carbocycles. The highest BCUT2D eigenvalue weighted by Gasteiger charge is 2.28. The average Bonchev–Trinajstić information content (AvgIpc) is 2.54. The molecule has 0 saturated heterocycles. The first-order valence-corrected chi connectivity index (χ1v) is 7.45. The van der Waals surface area contributed by atoms with Gasteiger partial charge in [0.15, 0.2) is 11.5 Å². The third kappa shape index (κ3) is 3.17. The van der Waals surface area contributed by atoms with Gasteiger partial charge in [-0.25, -0.2) is 0 Å². The molecule has 2 atom stereocenters. The van der Waals surface area contributed by atoms with E-state index >= 15 is 0 Å². The Morgan fingerprint density at radius 1 is 1.23 bits per heavy atom. The van der Waals surface area contributed by atoms with Gasteiger partial charge >= 0.3 is 0 Å². The van der Waals surface area contributed by atoms with E-state index in [-0.39, 0.29) is 18.6 Å². The van der Waals surface area contributed by atoms with Gasteiger partial charge in [-0.3, -0.25) is 4.79 Å². The number of fused-ring (bicyclic) bond motifs is 1. The predicted octanol–water partition coefficient (Wildman–Crippen LogP) is 3.36. The van der Waals surface area contributed by atoms with Crippen molar-refractivity contribution in [2.45, 2.75) is 19.1 Å². The Morgan fingerprint density at radius 2 is 2.00 bits per heavy atom. The fourth-order valence-corrected chi connectivity index (χ4v) is 2.51. The van der Waals surface area contributed by atoms with Crippen molar-refractivity contribution in [1.82, 2.24) is 5.32 Å². The van der Waals surface area contributed by atoms with Gasteiger partial charge in [0.2, 0.25) is 6.10 Å². The topological polar surface area (TPSA) is 47.6 Å². The normalized spacial score (nSPS) is 17.6. The maximum Gasteiger partial charge on any atom is 0.265 e. The van der Waals surface area contributed by atoms with E-state index in [9.17, 15) is 4.79 Å². The van der Waals surface area contributed by atoms with Gasteiger partial charge < -0.3 is 14.8 Å². The van der Waals surface area contributed by atoms with Crippen LogP contribution in [0.25, 0.3) is 0 Å². The summed E-state index contributed by atoms with van der Waals surface area (Å²) in [6.45, 7) is 2.10. The molecule has 2 unspecified atom stereocenters. The summed E-state index contributed by atoms with van der Waals surface area (Å²) >= 11 is 5.97. The summed E-state index contributed by atoms with van der Waals surface area (Å²) < 4.78 is 11.2. The number of carbonyl (C=O) groups is 1. The summed E-state index contributed by atoms with van der Waals surface area (Å²) in [7, 11) is 0. The number of halogens is 1. The lowest BCUT2D eigenvalue weighted by Gasteiger charge is -2.26. The summed E-state index contributed by atoms with van der Waals surface area (Å²) in [5, 5.41) is 3.56. The molecule has 5 heteroatoms. The fraction of sp³-hybridized carbons (Fsp3) is 0.235. The molecule has 1 N–H and O–H groups in total. The van der Waals surface area contributed by atoms with E-state index in [4.69, 9.17) is 21.1 Å². The molecule has 1 heterocycles. The van der Waals surface area contributed by atoms with Crippen molar-refractivity contribution in [3.63, 3.8) is 0 Å². The number of carbonyl (C=O) groups excluding carboxylic acids is 1. The minimum atomic E-state index is -0.656. The van der Waals surface area contributed by atoms with E-state index in [1.54, 1.807) is 12.1 Å². The zero-order chi connectivity index (χ0) is 15.5. The summed E-state index contributed by atoms with van der Waals surface area (Å²) in [6, 6.07) is 14.6. The van der Waals surface area contributed by atoms with Crippen LogP contribution in [-0.2, 0) is 4.79 Å². The van der Waals surface area contributed by atoms with Gasteiger partial charge in [-0.15, -0.1) is 0 Å². The predicted molar refractivity (Wildman–Crippen MR) is 84.4 cm³/mol. The molecule has 1 aliphatic heterocycles. The van der Waals surface area contributed by atoms with Gasteiger partial charge in [0.05, 0.1) is 6.04 Å². The highest BCUT2D eigenvalue weighted by atomic mass is 35.5. The van der Waals surface area contributed by atoms with Gasteiger partial charge in [-0.05, 0) is 36.8 Å². The molecule has 0 fully saturated rings. The molecule has 0 saturated carbocycles. The Balaban J connectivity index is 1.65. The third-order valence-electron chi connectivity index (χ3n) is 3.51. The van der Waals surface area contributed by atoms with E-state index in [2.05, 4.69) is 5.32 Å². The van der Waals surface area contributed by atoms with Gasteiger partial charge in [-0.1, -0.05) is 35.9 Å². The molecule has 1 aliphatic rings. The van der Waals surface area contributed by atoms with Crippen molar-refractivity contribution < 1.29 is 14.3 Å². The van der Waals surface area contributed by atoms with E-state index in [0.717, 1.165) is 5.56 Å². The zero-order valence-electron chi connectivity index (χ0n) is 12.1. The molecule has 0 radical (unpaired) electrons. The number of benzene rings is 2. The largest absolute Gasteiger partial charge is 0.485 e. The van der Waals surface area contributed by atoms with Crippen molar-refractivity contribution in [3.8, 4) is 11.5 Å². The first-order valence-electron chi connectivity index (χ1n) is 7.08. The van der Waals surface area contributed by atoms with Crippen molar-refractivity contribution in [3.05, 3.63) is 59.1 Å². The second kappa shape index (κ2) is 6.28. The maximum absolute atomic E-state index is 12.3. The standard InChI is InChI=1S/C17H16ClNO3/c1-11(12-5-4-6-13(18)9-12)19-17(20)16-10-21-14-7-2-3-8-15(14)22-16/h2-9,11,16H,10H2,1H3,(H,19,20). The van der Waals surface area contributed by atoms with Crippen LogP contribution < -0.4 is 14.8 Å². The summed E-state index contributed by atoms with van der Waals surface area (Å²) in [5.41, 5.74) is 0.943. The van der Waals surface area contributed by atoms with Crippen LogP contribution >= 0.6 is 11.6 Å². The molecule has 4 nitrogen and oxygen atoms in total. The monoisotopic (exact) mass is 317 g/mol. The Labute approximate surface area is 134 Å². The van der Waals surface area contributed by atoms with Gasteiger partial charge in [0, 0.05) is 5.02 Å². The fourth-order valence-electron chi connectivity index (χ4n) is 2.31. The Kier molecular flexibility index (Phi) is 4.20. The van der Waals surface area contributed by atoms with Gasteiger partial charge in [-0.2, -0.15) is 0 Å². The quantitative estimate of drug-likeness (QED) is 0.944. The third-order valence-corrected chi connectivity index (χ3v) is 3.74. The Morgan fingerprint density at radius 3 is 2.77 bits per heavy atom. The van der Waals surface area contributed by atoms with Crippen molar-refractivity contribution in [1.29, 1.82) is 0 Å². The van der Waals surface area contributed by atoms with Crippen molar-refractivity contribution in [2.24, 2.45) is 0 Å². The number of nitrogens with one attached hydrogen (secondary N) is 1. The molecule has 22 heavy (non-hydrogen) atoms. The number of hydrogen-bond acceptors (Lipinski definition) is 3. The van der Waals surface area contributed by atoms with Crippen molar-refractivity contribution in [2.75, 3.05) is 6.61 Å². The van der Waals surface area contributed by atoms with Crippen LogP contribution in [0.15, 0.2) is 48.5 Å². The molecule has 0 bridgehead atoms. The highest BCUT2D eigenvalue weighted by molar-refractivity contribution is 6.30. The smallest absolute Gasteiger partial charge is 0.265 e. The zero-order valence-corrected chi connectivity index (χ0v) is 12.8. The van der Waals surface area contributed by atoms with E-state index in [0.29, 0.717) is 16.5 Å². The molecule has 0 aromatic heterocycles. The minimum absolute atomic E-state index is 0.160. The van der Waals surface area contributed by atoms with Crippen molar-refractivity contribution >= 4 is 17.5 Å².